The van der Waals surface area contributed by atoms with Gasteiger partial charge in [0.15, 0.2) is 0 Å². The average Bonchev–Trinajstić information content (AvgIpc) is 2.37. The standard InChI is InChI=1S/C16H25N/c1-4-6-7-8-14(3)13-17-16-11-9-15(5-2)10-12-16/h8-12,17H,4-7,13H2,1-3H3/b14-8+. The average molecular weight is 231 g/mol. The van der Waals surface area contributed by atoms with Crippen LogP contribution in [-0.4, -0.2) is 6.54 Å². The van der Waals surface area contributed by atoms with Crippen LogP contribution in [0.2, 0.25) is 0 Å². The minimum atomic E-state index is 0.954. The Kier molecular flexibility index (Phi) is 6.46. The van der Waals surface area contributed by atoms with Crippen molar-refractivity contribution in [1.29, 1.82) is 0 Å². The van der Waals surface area contributed by atoms with Gasteiger partial charge in [0, 0.05) is 12.2 Å². The molecular formula is C16H25N. The Morgan fingerprint density at radius 2 is 1.88 bits per heavy atom. The van der Waals surface area contributed by atoms with Crippen molar-refractivity contribution in [2.24, 2.45) is 0 Å². The minimum Gasteiger partial charge on any atom is -0.381 e. The summed E-state index contributed by atoms with van der Waals surface area (Å²) in [5, 5.41) is 3.45. The van der Waals surface area contributed by atoms with E-state index in [9.17, 15) is 0 Å². The second kappa shape index (κ2) is 7.94. The molecule has 1 heteroatoms. The highest BCUT2D eigenvalue weighted by atomic mass is 14.9. The molecule has 1 rings (SSSR count). The van der Waals surface area contributed by atoms with Crippen LogP contribution in [-0.2, 0) is 6.42 Å². The molecule has 0 bridgehead atoms. The van der Waals surface area contributed by atoms with Crippen molar-refractivity contribution in [2.45, 2.75) is 46.5 Å². The van der Waals surface area contributed by atoms with Crippen LogP contribution in [0, 0.1) is 0 Å². The van der Waals surface area contributed by atoms with E-state index >= 15 is 0 Å². The fraction of sp³-hybridized carbons (Fsp3) is 0.500. The molecule has 0 saturated carbocycles. The number of allylic oxidation sites excluding steroid dienone is 1. The van der Waals surface area contributed by atoms with Gasteiger partial charge in [0.2, 0.25) is 0 Å². The van der Waals surface area contributed by atoms with E-state index in [1.54, 1.807) is 0 Å². The summed E-state index contributed by atoms with van der Waals surface area (Å²) in [6.45, 7) is 7.57. The number of rotatable bonds is 7. The fourth-order valence-electron chi connectivity index (χ4n) is 1.72. The van der Waals surface area contributed by atoms with E-state index in [1.165, 1.54) is 36.1 Å². The molecule has 1 aromatic carbocycles. The molecule has 1 N–H and O–H groups in total. The number of nitrogens with one attached hydrogen (secondary N) is 1. The number of hydrogen-bond donors (Lipinski definition) is 1. The lowest BCUT2D eigenvalue weighted by atomic mass is 10.1. The van der Waals surface area contributed by atoms with Crippen LogP contribution in [0.15, 0.2) is 35.9 Å². The molecular weight excluding hydrogens is 206 g/mol. The van der Waals surface area contributed by atoms with E-state index in [0.29, 0.717) is 0 Å². The van der Waals surface area contributed by atoms with Gasteiger partial charge in [-0.05, 0) is 37.5 Å². The summed E-state index contributed by atoms with van der Waals surface area (Å²) in [6.07, 6.45) is 7.23. The zero-order valence-electron chi connectivity index (χ0n) is 11.4. The van der Waals surface area contributed by atoms with Crippen LogP contribution in [0.5, 0.6) is 0 Å². The monoisotopic (exact) mass is 231 g/mol. The second-order valence-corrected chi connectivity index (χ2v) is 4.60. The quantitative estimate of drug-likeness (QED) is 0.525. The van der Waals surface area contributed by atoms with Crippen molar-refractivity contribution >= 4 is 5.69 Å². The van der Waals surface area contributed by atoms with Crippen LogP contribution >= 0.6 is 0 Å². The molecule has 17 heavy (non-hydrogen) atoms. The topological polar surface area (TPSA) is 12.0 Å². The van der Waals surface area contributed by atoms with Crippen molar-refractivity contribution in [3.63, 3.8) is 0 Å². The number of anilines is 1. The van der Waals surface area contributed by atoms with Gasteiger partial charge in [-0.25, -0.2) is 0 Å². The Morgan fingerprint density at radius 1 is 1.18 bits per heavy atom. The number of benzene rings is 1. The van der Waals surface area contributed by atoms with E-state index in [1.807, 2.05) is 0 Å². The highest BCUT2D eigenvalue weighted by Gasteiger charge is 1.93. The van der Waals surface area contributed by atoms with Crippen molar-refractivity contribution < 1.29 is 0 Å². The van der Waals surface area contributed by atoms with Crippen molar-refractivity contribution in [2.75, 3.05) is 11.9 Å². The first-order valence-corrected chi connectivity index (χ1v) is 6.74. The first kappa shape index (κ1) is 13.8. The predicted molar refractivity (Wildman–Crippen MR) is 77.6 cm³/mol. The zero-order valence-corrected chi connectivity index (χ0v) is 11.4. The summed E-state index contributed by atoms with van der Waals surface area (Å²) in [6, 6.07) is 8.72. The van der Waals surface area contributed by atoms with Crippen LogP contribution in [0.1, 0.15) is 45.6 Å². The molecule has 0 aliphatic carbocycles. The molecule has 0 atom stereocenters. The lowest BCUT2D eigenvalue weighted by molar-refractivity contribution is 0.809. The van der Waals surface area contributed by atoms with Gasteiger partial charge < -0.3 is 5.32 Å². The molecule has 0 aliphatic heterocycles. The van der Waals surface area contributed by atoms with Crippen LogP contribution in [0.25, 0.3) is 0 Å². The first-order chi connectivity index (χ1) is 8.26. The predicted octanol–water partition coefficient (Wildman–Crippen LogP) is 4.80. The lowest BCUT2D eigenvalue weighted by Crippen LogP contribution is -2.02. The Balaban J connectivity index is 2.36. The fourth-order valence-corrected chi connectivity index (χ4v) is 1.72. The maximum Gasteiger partial charge on any atom is 0.0357 e. The number of aryl methyl sites for hydroxylation is 1. The van der Waals surface area contributed by atoms with Gasteiger partial charge in [0.1, 0.15) is 0 Å². The summed E-state index contributed by atoms with van der Waals surface area (Å²) >= 11 is 0. The maximum atomic E-state index is 3.45. The van der Waals surface area contributed by atoms with Crippen LogP contribution in [0.3, 0.4) is 0 Å². The van der Waals surface area contributed by atoms with Crippen molar-refractivity contribution in [3.05, 3.63) is 41.5 Å². The minimum absolute atomic E-state index is 0.954. The largest absolute Gasteiger partial charge is 0.381 e. The van der Waals surface area contributed by atoms with Crippen LogP contribution < -0.4 is 5.32 Å². The highest BCUT2D eigenvalue weighted by molar-refractivity contribution is 5.45. The number of hydrogen-bond acceptors (Lipinski definition) is 1. The number of unbranched alkanes of at least 4 members (excludes halogenated alkanes) is 2. The molecule has 94 valence electrons. The lowest BCUT2D eigenvalue weighted by Gasteiger charge is -2.07. The maximum absolute atomic E-state index is 3.45. The Hall–Kier alpha value is -1.24. The van der Waals surface area contributed by atoms with Crippen molar-refractivity contribution in [3.8, 4) is 0 Å². The van der Waals surface area contributed by atoms with Crippen LogP contribution in [0.4, 0.5) is 5.69 Å². The van der Waals surface area contributed by atoms with Gasteiger partial charge in [0.05, 0.1) is 0 Å². The second-order valence-electron chi connectivity index (χ2n) is 4.60. The molecule has 0 heterocycles. The third kappa shape index (κ3) is 5.58. The van der Waals surface area contributed by atoms with Gasteiger partial charge >= 0.3 is 0 Å². The molecule has 0 amide bonds. The van der Waals surface area contributed by atoms with E-state index in [-0.39, 0.29) is 0 Å². The highest BCUT2D eigenvalue weighted by Crippen LogP contribution is 2.10. The third-order valence-corrected chi connectivity index (χ3v) is 2.98. The van der Waals surface area contributed by atoms with E-state index < -0.39 is 0 Å². The van der Waals surface area contributed by atoms with E-state index in [4.69, 9.17) is 0 Å². The SMILES string of the molecule is CCCC/C=C(\C)CNc1ccc(CC)cc1. The summed E-state index contributed by atoms with van der Waals surface area (Å²) in [5.41, 5.74) is 4.04. The Morgan fingerprint density at radius 3 is 2.47 bits per heavy atom. The van der Waals surface area contributed by atoms with Gasteiger partial charge in [-0.1, -0.05) is 50.5 Å². The van der Waals surface area contributed by atoms with E-state index in [2.05, 4.69) is 56.4 Å². The normalized spacial score (nSPS) is 11.6. The molecule has 1 nitrogen and oxygen atoms in total. The van der Waals surface area contributed by atoms with E-state index in [0.717, 1.165) is 13.0 Å². The van der Waals surface area contributed by atoms with Gasteiger partial charge in [-0.3, -0.25) is 0 Å². The molecule has 0 saturated heterocycles. The van der Waals surface area contributed by atoms with Crippen molar-refractivity contribution in [1.82, 2.24) is 0 Å². The molecule has 0 radical (unpaired) electrons. The van der Waals surface area contributed by atoms with Gasteiger partial charge in [-0.2, -0.15) is 0 Å². The molecule has 0 aromatic heterocycles. The summed E-state index contributed by atoms with van der Waals surface area (Å²) in [5.74, 6) is 0. The molecule has 0 aliphatic rings. The van der Waals surface area contributed by atoms with Gasteiger partial charge in [0.25, 0.3) is 0 Å². The third-order valence-electron chi connectivity index (χ3n) is 2.98. The summed E-state index contributed by atoms with van der Waals surface area (Å²) in [7, 11) is 0. The van der Waals surface area contributed by atoms with Gasteiger partial charge in [-0.15, -0.1) is 0 Å². The summed E-state index contributed by atoms with van der Waals surface area (Å²) < 4.78 is 0. The first-order valence-electron chi connectivity index (χ1n) is 6.74. The molecule has 0 unspecified atom stereocenters. The smallest absolute Gasteiger partial charge is 0.0357 e. The zero-order chi connectivity index (χ0) is 12.5. The summed E-state index contributed by atoms with van der Waals surface area (Å²) in [4.78, 5) is 0. The Bertz CT molecular complexity index is 335. The molecule has 1 aromatic rings. The molecule has 0 spiro atoms. The Labute approximate surface area is 106 Å². The molecule has 0 fully saturated rings.